The van der Waals surface area contributed by atoms with Gasteiger partial charge in [0, 0.05) is 38.1 Å². The van der Waals surface area contributed by atoms with E-state index in [0.717, 1.165) is 49.1 Å². The monoisotopic (exact) mass is 411 g/mol. The zero-order chi connectivity index (χ0) is 19.9. The van der Waals surface area contributed by atoms with E-state index in [-0.39, 0.29) is 0 Å². The molecule has 0 unspecified atom stereocenters. The smallest absolute Gasteiger partial charge is 0.249 e. The lowest BCUT2D eigenvalue weighted by Gasteiger charge is -2.33. The highest BCUT2D eigenvalue weighted by molar-refractivity contribution is 7.98. The molecule has 0 bridgehead atoms. The van der Waals surface area contributed by atoms with Gasteiger partial charge in [-0.1, -0.05) is 18.2 Å². The standard InChI is InChI=1S/C21H25N5O2S/c1-25-9-11-26(12-10-25)19-8-7-17(15-22-19)21-24-23-20(28-21)16-29-14-13-27-18-5-3-2-4-6-18/h2-8,15H,9-14,16H2,1H3. The predicted molar refractivity (Wildman–Crippen MR) is 115 cm³/mol. The molecule has 0 amide bonds. The van der Waals surface area contributed by atoms with Crippen LogP contribution in [0.25, 0.3) is 11.5 Å². The lowest BCUT2D eigenvalue weighted by Crippen LogP contribution is -2.44. The van der Waals surface area contributed by atoms with Crippen LogP contribution in [0.2, 0.25) is 0 Å². The summed E-state index contributed by atoms with van der Waals surface area (Å²) in [4.78, 5) is 9.22. The molecule has 0 radical (unpaired) electrons. The van der Waals surface area contributed by atoms with Crippen LogP contribution < -0.4 is 9.64 Å². The van der Waals surface area contributed by atoms with E-state index in [0.29, 0.717) is 24.1 Å². The van der Waals surface area contributed by atoms with Crippen LogP contribution in [0.5, 0.6) is 5.75 Å². The van der Waals surface area contributed by atoms with Crippen molar-refractivity contribution in [1.29, 1.82) is 0 Å². The number of piperazine rings is 1. The van der Waals surface area contributed by atoms with Gasteiger partial charge in [0.1, 0.15) is 11.6 Å². The molecule has 8 heteroatoms. The fraction of sp³-hybridized carbons (Fsp3) is 0.381. The van der Waals surface area contributed by atoms with Crippen LogP contribution in [-0.4, -0.2) is 65.7 Å². The molecular weight excluding hydrogens is 386 g/mol. The first-order chi connectivity index (χ1) is 14.3. The predicted octanol–water partition coefficient (Wildman–Crippen LogP) is 3.20. The number of aromatic nitrogens is 3. The fourth-order valence-corrected chi connectivity index (χ4v) is 3.70. The van der Waals surface area contributed by atoms with Gasteiger partial charge < -0.3 is 19.0 Å². The molecule has 0 atom stereocenters. The minimum atomic E-state index is 0.513. The minimum Gasteiger partial charge on any atom is -0.493 e. The van der Waals surface area contributed by atoms with Gasteiger partial charge in [0.05, 0.1) is 17.9 Å². The van der Waals surface area contributed by atoms with Crippen molar-refractivity contribution in [2.24, 2.45) is 0 Å². The summed E-state index contributed by atoms with van der Waals surface area (Å²) in [6.45, 7) is 4.76. The number of rotatable bonds is 8. The minimum absolute atomic E-state index is 0.513. The Balaban J connectivity index is 1.24. The van der Waals surface area contributed by atoms with E-state index >= 15 is 0 Å². The van der Waals surface area contributed by atoms with Gasteiger partial charge in [-0.05, 0) is 31.3 Å². The van der Waals surface area contributed by atoms with Crippen molar-refractivity contribution in [2.45, 2.75) is 5.75 Å². The lowest BCUT2D eigenvalue weighted by molar-refractivity contribution is 0.312. The average Bonchev–Trinajstić information content (AvgIpc) is 3.24. The van der Waals surface area contributed by atoms with E-state index in [9.17, 15) is 0 Å². The highest BCUT2D eigenvalue weighted by atomic mass is 32.2. The zero-order valence-corrected chi connectivity index (χ0v) is 17.3. The first-order valence-electron chi connectivity index (χ1n) is 9.76. The summed E-state index contributed by atoms with van der Waals surface area (Å²) in [7, 11) is 2.15. The summed E-state index contributed by atoms with van der Waals surface area (Å²) in [6, 6.07) is 13.9. The maximum atomic E-state index is 5.79. The number of benzene rings is 1. The number of hydrogen-bond donors (Lipinski definition) is 0. The number of para-hydroxylation sites is 1. The van der Waals surface area contributed by atoms with E-state index in [2.05, 4.69) is 32.0 Å². The Morgan fingerprint density at radius 3 is 2.62 bits per heavy atom. The van der Waals surface area contributed by atoms with Crippen molar-refractivity contribution in [3.8, 4) is 17.2 Å². The molecule has 0 N–H and O–H groups in total. The molecular formula is C21H25N5O2S. The number of hydrogen-bond acceptors (Lipinski definition) is 8. The Kier molecular flexibility index (Phi) is 6.63. The molecule has 1 saturated heterocycles. The summed E-state index contributed by atoms with van der Waals surface area (Å²) in [5, 5.41) is 8.31. The maximum Gasteiger partial charge on any atom is 0.249 e. The normalized spacial score (nSPS) is 14.9. The second kappa shape index (κ2) is 9.76. The Morgan fingerprint density at radius 1 is 1.03 bits per heavy atom. The SMILES string of the molecule is CN1CCN(c2ccc(-c3nnc(CSCCOc4ccccc4)o3)cn2)CC1. The number of nitrogens with zero attached hydrogens (tertiary/aromatic N) is 5. The van der Waals surface area contributed by atoms with E-state index < -0.39 is 0 Å². The van der Waals surface area contributed by atoms with Gasteiger partial charge in [0.25, 0.3) is 0 Å². The molecule has 4 rings (SSSR count). The molecule has 152 valence electrons. The highest BCUT2D eigenvalue weighted by Crippen LogP contribution is 2.22. The van der Waals surface area contributed by atoms with Crippen LogP contribution in [0.1, 0.15) is 5.89 Å². The molecule has 1 aliphatic rings. The molecule has 7 nitrogen and oxygen atoms in total. The van der Waals surface area contributed by atoms with Crippen molar-refractivity contribution >= 4 is 17.6 Å². The first kappa shape index (κ1) is 19.7. The summed E-state index contributed by atoms with van der Waals surface area (Å²) in [5.41, 5.74) is 0.846. The van der Waals surface area contributed by atoms with Gasteiger partial charge in [0.15, 0.2) is 0 Å². The molecule has 3 heterocycles. The van der Waals surface area contributed by atoms with E-state index in [1.54, 1.807) is 11.8 Å². The van der Waals surface area contributed by atoms with Crippen molar-refractivity contribution < 1.29 is 9.15 Å². The summed E-state index contributed by atoms with van der Waals surface area (Å²) in [6.07, 6.45) is 1.81. The number of ether oxygens (including phenoxy) is 1. The third kappa shape index (κ3) is 5.48. The Morgan fingerprint density at radius 2 is 1.86 bits per heavy atom. The molecule has 0 saturated carbocycles. The van der Waals surface area contributed by atoms with Crippen molar-refractivity contribution in [3.63, 3.8) is 0 Å². The average molecular weight is 412 g/mol. The van der Waals surface area contributed by atoms with Crippen molar-refractivity contribution in [1.82, 2.24) is 20.1 Å². The molecule has 3 aromatic rings. The summed E-state index contributed by atoms with van der Waals surface area (Å²) in [5.74, 6) is 4.54. The Bertz CT molecular complexity index is 880. The van der Waals surface area contributed by atoms with Crippen LogP contribution in [0.15, 0.2) is 53.1 Å². The van der Waals surface area contributed by atoms with Crippen molar-refractivity contribution in [3.05, 3.63) is 54.6 Å². The zero-order valence-electron chi connectivity index (χ0n) is 16.5. The lowest BCUT2D eigenvalue weighted by atomic mass is 10.2. The Labute approximate surface area is 175 Å². The van der Waals surface area contributed by atoms with Crippen molar-refractivity contribution in [2.75, 3.05) is 50.5 Å². The molecule has 1 aromatic carbocycles. The van der Waals surface area contributed by atoms with E-state index in [4.69, 9.17) is 9.15 Å². The third-order valence-corrected chi connectivity index (χ3v) is 5.66. The molecule has 2 aromatic heterocycles. The topological polar surface area (TPSA) is 67.5 Å². The van der Waals surface area contributed by atoms with Crippen LogP contribution in [0.3, 0.4) is 0 Å². The molecule has 1 aliphatic heterocycles. The molecule has 1 fully saturated rings. The highest BCUT2D eigenvalue weighted by Gasteiger charge is 2.16. The van der Waals surface area contributed by atoms with Gasteiger partial charge in [-0.15, -0.1) is 22.0 Å². The van der Waals surface area contributed by atoms with Gasteiger partial charge >= 0.3 is 0 Å². The van der Waals surface area contributed by atoms with Gasteiger partial charge in [0.2, 0.25) is 11.8 Å². The number of anilines is 1. The van der Waals surface area contributed by atoms with Gasteiger partial charge in [-0.25, -0.2) is 4.98 Å². The maximum absolute atomic E-state index is 5.79. The van der Waals surface area contributed by atoms with Gasteiger partial charge in [-0.3, -0.25) is 0 Å². The Hall–Kier alpha value is -2.58. The van der Waals surface area contributed by atoms with Gasteiger partial charge in [-0.2, -0.15) is 0 Å². The fourth-order valence-electron chi connectivity index (χ4n) is 3.06. The largest absolute Gasteiger partial charge is 0.493 e. The van der Waals surface area contributed by atoms with Crippen LogP contribution in [0.4, 0.5) is 5.82 Å². The first-order valence-corrected chi connectivity index (χ1v) is 10.9. The second-order valence-electron chi connectivity index (χ2n) is 6.91. The summed E-state index contributed by atoms with van der Waals surface area (Å²) < 4.78 is 11.5. The van der Waals surface area contributed by atoms with Crippen LogP contribution in [-0.2, 0) is 5.75 Å². The molecule has 0 aliphatic carbocycles. The van der Waals surface area contributed by atoms with E-state index in [1.165, 1.54) is 0 Å². The van der Waals surface area contributed by atoms with Crippen LogP contribution >= 0.6 is 11.8 Å². The second-order valence-corrected chi connectivity index (χ2v) is 8.02. The van der Waals surface area contributed by atoms with Crippen LogP contribution in [0, 0.1) is 0 Å². The number of pyridine rings is 1. The molecule has 29 heavy (non-hydrogen) atoms. The quantitative estimate of drug-likeness (QED) is 0.524. The third-order valence-electron chi connectivity index (χ3n) is 4.75. The molecule has 0 spiro atoms. The number of likely N-dealkylation sites (N-methyl/N-ethyl adjacent to an activating group) is 1. The number of thioether (sulfide) groups is 1. The summed E-state index contributed by atoms with van der Waals surface area (Å²) >= 11 is 1.71. The van der Waals surface area contributed by atoms with E-state index in [1.807, 2.05) is 48.7 Å².